The van der Waals surface area contributed by atoms with Gasteiger partial charge in [0.25, 0.3) is 5.91 Å². The number of carbonyl (C=O) groups is 2. The van der Waals surface area contributed by atoms with Crippen LogP contribution >= 0.6 is 0 Å². The van der Waals surface area contributed by atoms with Gasteiger partial charge in [-0.15, -0.1) is 0 Å². The van der Waals surface area contributed by atoms with Crippen LogP contribution in [0.1, 0.15) is 19.8 Å². The standard InChI is InChI=1S/C20H23NO4/c1-14(19(22)21-12-10-16(11-13-21)20(23)24-2)25-18-9-5-7-15-6-3-4-8-17(15)18/h3-9,14,16H,10-13H2,1-2H3/t14-/m0/s1. The average molecular weight is 341 g/mol. The maximum Gasteiger partial charge on any atom is 0.308 e. The van der Waals surface area contributed by atoms with Crippen molar-refractivity contribution < 1.29 is 19.1 Å². The van der Waals surface area contributed by atoms with Crippen molar-refractivity contribution in [1.82, 2.24) is 4.90 Å². The lowest BCUT2D eigenvalue weighted by Gasteiger charge is -2.32. The summed E-state index contributed by atoms with van der Waals surface area (Å²) in [6, 6.07) is 13.8. The minimum absolute atomic E-state index is 0.0451. The lowest BCUT2D eigenvalue weighted by molar-refractivity contribution is -0.150. The fourth-order valence-corrected chi connectivity index (χ4v) is 3.30. The number of carbonyl (C=O) groups excluding carboxylic acids is 2. The van der Waals surface area contributed by atoms with Crippen molar-refractivity contribution in [2.45, 2.75) is 25.9 Å². The Kier molecular flexibility index (Phi) is 5.22. The van der Waals surface area contributed by atoms with Gasteiger partial charge in [0, 0.05) is 18.5 Å². The number of fused-ring (bicyclic) bond motifs is 1. The number of methoxy groups -OCH3 is 1. The van der Waals surface area contributed by atoms with Gasteiger partial charge in [-0.1, -0.05) is 36.4 Å². The van der Waals surface area contributed by atoms with E-state index in [2.05, 4.69) is 0 Å². The molecule has 0 aliphatic carbocycles. The van der Waals surface area contributed by atoms with E-state index in [-0.39, 0.29) is 17.8 Å². The van der Waals surface area contributed by atoms with Gasteiger partial charge in [0.15, 0.2) is 6.10 Å². The van der Waals surface area contributed by atoms with E-state index in [0.29, 0.717) is 31.7 Å². The molecular formula is C20H23NO4. The fourth-order valence-electron chi connectivity index (χ4n) is 3.30. The van der Waals surface area contributed by atoms with Crippen molar-refractivity contribution in [3.8, 4) is 5.75 Å². The normalized spacial score (nSPS) is 16.5. The third-order valence-corrected chi connectivity index (χ3v) is 4.74. The van der Waals surface area contributed by atoms with Crippen LogP contribution in [0, 0.1) is 5.92 Å². The minimum atomic E-state index is -0.569. The first kappa shape index (κ1) is 17.3. The van der Waals surface area contributed by atoms with Crippen molar-refractivity contribution in [3.63, 3.8) is 0 Å². The van der Waals surface area contributed by atoms with Crippen LogP contribution in [0.2, 0.25) is 0 Å². The van der Waals surface area contributed by atoms with Gasteiger partial charge < -0.3 is 14.4 Å². The average Bonchev–Trinajstić information content (AvgIpc) is 2.67. The van der Waals surface area contributed by atoms with E-state index >= 15 is 0 Å². The number of nitrogens with zero attached hydrogens (tertiary/aromatic N) is 1. The number of hydrogen-bond acceptors (Lipinski definition) is 4. The maximum absolute atomic E-state index is 12.7. The number of benzene rings is 2. The molecule has 0 spiro atoms. The van der Waals surface area contributed by atoms with Crippen LogP contribution in [0.5, 0.6) is 5.75 Å². The SMILES string of the molecule is COC(=O)C1CCN(C(=O)[C@H](C)Oc2cccc3ccccc23)CC1. The number of esters is 1. The number of amides is 1. The molecule has 1 atom stereocenters. The molecule has 1 saturated heterocycles. The highest BCUT2D eigenvalue weighted by Gasteiger charge is 2.30. The third kappa shape index (κ3) is 3.76. The first-order chi connectivity index (χ1) is 12.1. The van der Waals surface area contributed by atoms with Crippen LogP contribution in [0.3, 0.4) is 0 Å². The molecule has 2 aromatic rings. The Bertz CT molecular complexity index is 760. The predicted molar refractivity (Wildman–Crippen MR) is 95.4 cm³/mol. The van der Waals surface area contributed by atoms with Crippen molar-refractivity contribution in [2.75, 3.05) is 20.2 Å². The summed E-state index contributed by atoms with van der Waals surface area (Å²) < 4.78 is 10.7. The Morgan fingerprint density at radius 3 is 2.48 bits per heavy atom. The van der Waals surface area contributed by atoms with Crippen molar-refractivity contribution >= 4 is 22.6 Å². The molecule has 2 aromatic carbocycles. The summed E-state index contributed by atoms with van der Waals surface area (Å²) in [4.78, 5) is 26.0. The van der Waals surface area contributed by atoms with E-state index in [0.717, 1.165) is 10.8 Å². The van der Waals surface area contributed by atoms with Crippen molar-refractivity contribution in [2.24, 2.45) is 5.92 Å². The summed E-state index contributed by atoms with van der Waals surface area (Å²) >= 11 is 0. The van der Waals surface area contributed by atoms with E-state index < -0.39 is 6.10 Å². The lowest BCUT2D eigenvalue weighted by atomic mass is 9.97. The number of likely N-dealkylation sites (tertiary alicyclic amines) is 1. The van der Waals surface area contributed by atoms with Crippen LogP contribution in [0.15, 0.2) is 42.5 Å². The highest BCUT2D eigenvalue weighted by Crippen LogP contribution is 2.27. The molecule has 0 bridgehead atoms. The summed E-state index contributed by atoms with van der Waals surface area (Å²) in [7, 11) is 1.40. The molecule has 0 aromatic heterocycles. The van der Waals surface area contributed by atoms with E-state index in [1.165, 1.54) is 7.11 Å². The van der Waals surface area contributed by atoms with Gasteiger partial charge in [0.1, 0.15) is 5.75 Å². The molecule has 25 heavy (non-hydrogen) atoms. The molecule has 1 aliphatic heterocycles. The zero-order valence-corrected chi connectivity index (χ0v) is 14.6. The summed E-state index contributed by atoms with van der Waals surface area (Å²) in [5.74, 6) is 0.371. The number of piperidine rings is 1. The highest BCUT2D eigenvalue weighted by molar-refractivity contribution is 5.89. The molecule has 1 fully saturated rings. The maximum atomic E-state index is 12.7. The summed E-state index contributed by atoms with van der Waals surface area (Å²) in [6.45, 7) is 2.89. The first-order valence-electron chi connectivity index (χ1n) is 8.61. The van der Waals surface area contributed by atoms with Gasteiger partial charge in [-0.25, -0.2) is 0 Å². The summed E-state index contributed by atoms with van der Waals surface area (Å²) in [5.41, 5.74) is 0. The van der Waals surface area contributed by atoms with Gasteiger partial charge in [0.05, 0.1) is 13.0 Å². The number of rotatable bonds is 4. The van der Waals surface area contributed by atoms with E-state index in [1.807, 2.05) is 42.5 Å². The van der Waals surface area contributed by atoms with Crippen LogP contribution in [-0.2, 0) is 14.3 Å². The zero-order chi connectivity index (χ0) is 17.8. The first-order valence-corrected chi connectivity index (χ1v) is 8.61. The second-order valence-corrected chi connectivity index (χ2v) is 6.36. The van der Waals surface area contributed by atoms with E-state index in [4.69, 9.17) is 9.47 Å². The van der Waals surface area contributed by atoms with Crippen LogP contribution in [-0.4, -0.2) is 43.1 Å². The largest absolute Gasteiger partial charge is 0.480 e. The number of hydrogen-bond donors (Lipinski definition) is 0. The lowest BCUT2D eigenvalue weighted by Crippen LogP contribution is -2.45. The summed E-state index contributed by atoms with van der Waals surface area (Å²) in [5, 5.41) is 2.08. The van der Waals surface area contributed by atoms with Gasteiger partial charge >= 0.3 is 5.97 Å². The van der Waals surface area contributed by atoms with Crippen LogP contribution in [0.4, 0.5) is 0 Å². The second-order valence-electron chi connectivity index (χ2n) is 6.36. The van der Waals surface area contributed by atoms with Crippen LogP contribution < -0.4 is 4.74 Å². The molecule has 1 aliphatic rings. The van der Waals surface area contributed by atoms with Crippen LogP contribution in [0.25, 0.3) is 10.8 Å². The molecule has 0 N–H and O–H groups in total. The Labute approximate surface area is 147 Å². The topological polar surface area (TPSA) is 55.8 Å². The molecule has 0 saturated carbocycles. The van der Waals surface area contributed by atoms with Crippen molar-refractivity contribution in [1.29, 1.82) is 0 Å². The van der Waals surface area contributed by atoms with Gasteiger partial charge in [0.2, 0.25) is 0 Å². The van der Waals surface area contributed by atoms with Gasteiger partial charge in [-0.3, -0.25) is 9.59 Å². The molecular weight excluding hydrogens is 318 g/mol. The fraction of sp³-hybridized carbons (Fsp3) is 0.400. The smallest absolute Gasteiger partial charge is 0.308 e. The monoisotopic (exact) mass is 341 g/mol. The van der Waals surface area contributed by atoms with E-state index in [1.54, 1.807) is 11.8 Å². The zero-order valence-electron chi connectivity index (χ0n) is 14.6. The molecule has 5 nitrogen and oxygen atoms in total. The third-order valence-electron chi connectivity index (χ3n) is 4.74. The second kappa shape index (κ2) is 7.55. The number of ether oxygens (including phenoxy) is 2. The highest BCUT2D eigenvalue weighted by atomic mass is 16.5. The minimum Gasteiger partial charge on any atom is -0.480 e. The molecule has 3 rings (SSSR count). The van der Waals surface area contributed by atoms with Gasteiger partial charge in [-0.05, 0) is 31.2 Å². The quantitative estimate of drug-likeness (QED) is 0.802. The Morgan fingerprint density at radius 1 is 1.08 bits per heavy atom. The predicted octanol–water partition coefficient (Wildman–Crippen LogP) is 3.02. The Morgan fingerprint density at radius 2 is 1.76 bits per heavy atom. The molecule has 1 heterocycles. The molecule has 132 valence electrons. The van der Waals surface area contributed by atoms with Crippen molar-refractivity contribution in [3.05, 3.63) is 42.5 Å². The van der Waals surface area contributed by atoms with E-state index in [9.17, 15) is 9.59 Å². The Hall–Kier alpha value is -2.56. The van der Waals surface area contributed by atoms with Gasteiger partial charge in [-0.2, -0.15) is 0 Å². The molecule has 1 amide bonds. The Balaban J connectivity index is 1.64. The molecule has 0 unspecified atom stereocenters. The molecule has 0 radical (unpaired) electrons. The molecule has 5 heteroatoms. The summed E-state index contributed by atoms with van der Waals surface area (Å²) in [6.07, 6.45) is 0.708.